The Labute approximate surface area is 305 Å². The number of benzene rings is 7. The maximum atomic E-state index is 6.52. The maximum absolute atomic E-state index is 6.52. The second-order valence-corrected chi connectivity index (χ2v) is 14.4. The standard InChI is InChI=1S/C48H31N3O2/c1-48(2)38-25-24-35-33-17-7-9-21-41(33)53-44(35)42(38)36-23-22-30(27-39(36)48)29-14-10-15-31(26-29)46-49-45(28-12-4-3-5-13-28)50-47(51-46)37-19-11-18-34-32-16-6-8-20-40(32)52-43(34)37/h3-27H,1-2H3. The zero-order chi connectivity index (χ0) is 35.3. The minimum Gasteiger partial charge on any atom is -0.455 e. The molecule has 0 saturated heterocycles. The molecule has 11 rings (SSSR count). The third-order valence-corrected chi connectivity index (χ3v) is 10.9. The van der Waals surface area contributed by atoms with Gasteiger partial charge in [-0.3, -0.25) is 0 Å². The fourth-order valence-electron chi connectivity index (χ4n) is 8.28. The van der Waals surface area contributed by atoms with Crippen LogP contribution >= 0.6 is 0 Å². The van der Waals surface area contributed by atoms with Crippen molar-refractivity contribution in [3.63, 3.8) is 0 Å². The Morgan fingerprint density at radius 1 is 0.396 bits per heavy atom. The van der Waals surface area contributed by atoms with Gasteiger partial charge in [-0.2, -0.15) is 0 Å². The van der Waals surface area contributed by atoms with Gasteiger partial charge >= 0.3 is 0 Å². The van der Waals surface area contributed by atoms with Gasteiger partial charge in [-0.15, -0.1) is 0 Å². The number of aromatic nitrogens is 3. The molecule has 0 saturated carbocycles. The summed E-state index contributed by atoms with van der Waals surface area (Å²) < 4.78 is 12.9. The lowest BCUT2D eigenvalue weighted by molar-refractivity contribution is 0.653. The number of fused-ring (bicyclic) bond motifs is 10. The molecule has 10 aromatic rings. The van der Waals surface area contributed by atoms with Crippen LogP contribution in [0.4, 0.5) is 0 Å². The van der Waals surface area contributed by atoms with Crippen LogP contribution in [0, 0.1) is 0 Å². The first kappa shape index (κ1) is 29.8. The Bertz CT molecular complexity index is 3100. The number of hydrogen-bond acceptors (Lipinski definition) is 5. The van der Waals surface area contributed by atoms with Gasteiger partial charge < -0.3 is 8.83 Å². The summed E-state index contributed by atoms with van der Waals surface area (Å²) in [4.78, 5) is 15.2. The summed E-state index contributed by atoms with van der Waals surface area (Å²) in [7, 11) is 0. The summed E-state index contributed by atoms with van der Waals surface area (Å²) in [6.45, 7) is 4.62. The van der Waals surface area contributed by atoms with E-state index >= 15 is 0 Å². The van der Waals surface area contributed by atoms with Crippen LogP contribution in [0.5, 0.6) is 0 Å². The van der Waals surface area contributed by atoms with Crippen LogP contribution in [0.2, 0.25) is 0 Å². The molecule has 5 nitrogen and oxygen atoms in total. The van der Waals surface area contributed by atoms with Gasteiger partial charge in [-0.05, 0) is 58.1 Å². The largest absolute Gasteiger partial charge is 0.455 e. The van der Waals surface area contributed by atoms with Gasteiger partial charge in [0, 0.05) is 43.7 Å². The van der Waals surface area contributed by atoms with Crippen molar-refractivity contribution in [3.05, 3.63) is 163 Å². The molecule has 3 heterocycles. The Morgan fingerprint density at radius 2 is 0.981 bits per heavy atom. The molecule has 1 aliphatic rings. The second kappa shape index (κ2) is 11.1. The summed E-state index contributed by atoms with van der Waals surface area (Å²) >= 11 is 0. The first-order chi connectivity index (χ1) is 26.0. The van der Waals surface area contributed by atoms with E-state index in [1.165, 1.54) is 22.3 Å². The highest BCUT2D eigenvalue weighted by Gasteiger charge is 2.38. The van der Waals surface area contributed by atoms with Crippen molar-refractivity contribution in [3.8, 4) is 56.4 Å². The van der Waals surface area contributed by atoms with Crippen molar-refractivity contribution in [2.24, 2.45) is 0 Å². The minimum atomic E-state index is -0.198. The zero-order valence-electron chi connectivity index (χ0n) is 29.1. The molecule has 0 spiro atoms. The molecule has 0 bridgehead atoms. The van der Waals surface area contributed by atoms with Crippen LogP contribution < -0.4 is 0 Å². The number of para-hydroxylation sites is 3. The Morgan fingerprint density at radius 3 is 1.77 bits per heavy atom. The van der Waals surface area contributed by atoms with E-state index in [2.05, 4.69) is 98.8 Å². The Balaban J connectivity index is 1.05. The molecular weight excluding hydrogens is 651 g/mol. The lowest BCUT2D eigenvalue weighted by Gasteiger charge is -2.22. The highest BCUT2D eigenvalue weighted by Crippen LogP contribution is 2.53. The molecular formula is C48H31N3O2. The zero-order valence-corrected chi connectivity index (χ0v) is 29.1. The molecule has 0 atom stereocenters. The molecule has 0 fully saturated rings. The number of hydrogen-bond donors (Lipinski definition) is 0. The Hall–Kier alpha value is -6.85. The van der Waals surface area contributed by atoms with E-state index in [1.54, 1.807) is 0 Å². The average molecular weight is 682 g/mol. The van der Waals surface area contributed by atoms with Gasteiger partial charge in [0.1, 0.15) is 22.3 Å². The Kier molecular flexibility index (Phi) is 6.23. The highest BCUT2D eigenvalue weighted by atomic mass is 16.3. The lowest BCUT2D eigenvalue weighted by atomic mass is 9.81. The summed E-state index contributed by atoms with van der Waals surface area (Å²) in [5, 5.41) is 4.41. The summed E-state index contributed by atoms with van der Waals surface area (Å²) in [6, 6.07) is 52.5. The van der Waals surface area contributed by atoms with Crippen molar-refractivity contribution < 1.29 is 8.83 Å². The molecule has 0 aliphatic heterocycles. The molecule has 3 aromatic heterocycles. The van der Waals surface area contributed by atoms with Gasteiger partial charge in [0.2, 0.25) is 0 Å². The van der Waals surface area contributed by atoms with E-state index in [9.17, 15) is 0 Å². The van der Waals surface area contributed by atoms with Gasteiger partial charge in [0.05, 0.1) is 5.56 Å². The van der Waals surface area contributed by atoms with Crippen LogP contribution in [0.15, 0.2) is 160 Å². The summed E-state index contributed by atoms with van der Waals surface area (Å²) in [5.74, 6) is 1.78. The fraction of sp³-hybridized carbons (Fsp3) is 0.0625. The lowest BCUT2D eigenvalue weighted by Crippen LogP contribution is -2.14. The summed E-state index contributed by atoms with van der Waals surface area (Å²) in [6.07, 6.45) is 0. The summed E-state index contributed by atoms with van der Waals surface area (Å²) in [5.41, 5.74) is 13.2. The predicted molar refractivity (Wildman–Crippen MR) is 214 cm³/mol. The molecule has 0 radical (unpaired) electrons. The highest BCUT2D eigenvalue weighted by molar-refractivity contribution is 6.12. The molecule has 1 aliphatic carbocycles. The normalized spacial score (nSPS) is 13.2. The van der Waals surface area contributed by atoms with Gasteiger partial charge in [-0.25, -0.2) is 15.0 Å². The fourth-order valence-corrected chi connectivity index (χ4v) is 8.28. The van der Waals surface area contributed by atoms with E-state index in [-0.39, 0.29) is 5.41 Å². The minimum absolute atomic E-state index is 0.198. The molecule has 7 aromatic carbocycles. The number of furan rings is 2. The topological polar surface area (TPSA) is 65.0 Å². The number of nitrogens with zero attached hydrogens (tertiary/aromatic N) is 3. The van der Waals surface area contributed by atoms with Crippen LogP contribution in [0.3, 0.4) is 0 Å². The van der Waals surface area contributed by atoms with Crippen molar-refractivity contribution in [1.82, 2.24) is 15.0 Å². The van der Waals surface area contributed by atoms with E-state index in [0.29, 0.717) is 17.5 Å². The molecule has 5 heteroatoms. The predicted octanol–water partition coefficient (Wildman–Crippen LogP) is 12.6. The molecule has 53 heavy (non-hydrogen) atoms. The average Bonchev–Trinajstić information content (AvgIpc) is 3.86. The van der Waals surface area contributed by atoms with E-state index in [0.717, 1.165) is 71.7 Å². The van der Waals surface area contributed by atoms with Crippen LogP contribution in [0.1, 0.15) is 25.0 Å². The number of rotatable bonds is 4. The first-order valence-corrected chi connectivity index (χ1v) is 17.9. The van der Waals surface area contributed by atoms with Crippen molar-refractivity contribution >= 4 is 43.9 Å². The molecule has 250 valence electrons. The van der Waals surface area contributed by atoms with E-state index < -0.39 is 0 Å². The third-order valence-electron chi connectivity index (χ3n) is 10.9. The monoisotopic (exact) mass is 681 g/mol. The quantitative estimate of drug-likeness (QED) is 0.185. The van der Waals surface area contributed by atoms with Crippen molar-refractivity contribution in [2.75, 3.05) is 0 Å². The maximum Gasteiger partial charge on any atom is 0.167 e. The SMILES string of the molecule is CC1(C)c2cc(-c3cccc(-c4nc(-c5ccccc5)nc(-c5cccc6c5oc5ccccc56)n4)c3)ccc2-c2c1ccc1c2oc2ccccc21. The van der Waals surface area contributed by atoms with Crippen LogP contribution in [0.25, 0.3) is 100 Å². The van der Waals surface area contributed by atoms with Crippen molar-refractivity contribution in [1.29, 1.82) is 0 Å². The van der Waals surface area contributed by atoms with Gasteiger partial charge in [0.25, 0.3) is 0 Å². The molecule has 0 N–H and O–H groups in total. The van der Waals surface area contributed by atoms with Crippen LogP contribution in [-0.4, -0.2) is 15.0 Å². The smallest absolute Gasteiger partial charge is 0.167 e. The van der Waals surface area contributed by atoms with Gasteiger partial charge in [0.15, 0.2) is 17.5 Å². The first-order valence-electron chi connectivity index (χ1n) is 17.9. The molecule has 0 unspecified atom stereocenters. The molecule has 0 amide bonds. The van der Waals surface area contributed by atoms with E-state index in [4.69, 9.17) is 23.8 Å². The third kappa shape index (κ3) is 4.47. The van der Waals surface area contributed by atoms with Gasteiger partial charge in [-0.1, -0.05) is 135 Å². The second-order valence-electron chi connectivity index (χ2n) is 14.4. The van der Waals surface area contributed by atoms with Crippen LogP contribution in [-0.2, 0) is 5.41 Å². The van der Waals surface area contributed by atoms with E-state index in [1.807, 2.05) is 66.7 Å². The van der Waals surface area contributed by atoms with Crippen molar-refractivity contribution in [2.45, 2.75) is 19.3 Å².